The van der Waals surface area contributed by atoms with Crippen LogP contribution < -0.4 is 4.74 Å². The molecular weight excluding hydrogens is 278 g/mol. The SMILES string of the molecule is C=C(/C=C(\C)[C@@H]1Cc2ccc(O)c(OC)c2CN1C)OCC. The number of benzene rings is 1. The Labute approximate surface area is 132 Å². The summed E-state index contributed by atoms with van der Waals surface area (Å²) in [6.07, 6.45) is 2.89. The molecule has 0 radical (unpaired) electrons. The van der Waals surface area contributed by atoms with Gasteiger partial charge in [-0.1, -0.05) is 18.2 Å². The van der Waals surface area contributed by atoms with Gasteiger partial charge in [0.25, 0.3) is 0 Å². The first-order valence-electron chi connectivity index (χ1n) is 7.55. The standard InChI is InChI=1S/C18H25NO3/c1-6-22-13(3)9-12(2)16-10-14-7-8-17(20)18(21-5)15(14)11-19(16)4/h7-9,16,20H,3,6,10-11H2,1-2,4-5H3/b12-9+/t16-/m0/s1. The van der Waals surface area contributed by atoms with Crippen LogP contribution in [-0.2, 0) is 17.7 Å². The van der Waals surface area contributed by atoms with Crippen molar-refractivity contribution in [3.05, 3.63) is 47.2 Å². The lowest BCUT2D eigenvalue weighted by molar-refractivity contribution is 0.230. The Morgan fingerprint density at radius 1 is 1.50 bits per heavy atom. The van der Waals surface area contributed by atoms with E-state index >= 15 is 0 Å². The van der Waals surface area contributed by atoms with Crippen LogP contribution in [0.5, 0.6) is 11.5 Å². The minimum Gasteiger partial charge on any atom is -0.504 e. The van der Waals surface area contributed by atoms with E-state index in [2.05, 4.69) is 25.5 Å². The van der Waals surface area contributed by atoms with E-state index in [0.717, 1.165) is 18.5 Å². The number of hydrogen-bond acceptors (Lipinski definition) is 4. The monoisotopic (exact) mass is 303 g/mol. The Bertz CT molecular complexity index is 592. The van der Waals surface area contributed by atoms with E-state index < -0.39 is 0 Å². The molecule has 1 heterocycles. The number of hydrogen-bond donors (Lipinski definition) is 1. The van der Waals surface area contributed by atoms with Crippen molar-refractivity contribution < 1.29 is 14.6 Å². The Morgan fingerprint density at radius 2 is 2.23 bits per heavy atom. The molecule has 2 rings (SSSR count). The first-order chi connectivity index (χ1) is 10.5. The van der Waals surface area contributed by atoms with E-state index in [-0.39, 0.29) is 5.75 Å². The van der Waals surface area contributed by atoms with Crippen LogP contribution in [0.1, 0.15) is 25.0 Å². The summed E-state index contributed by atoms with van der Waals surface area (Å²) in [7, 11) is 3.68. The molecule has 0 spiro atoms. The smallest absolute Gasteiger partial charge is 0.165 e. The van der Waals surface area contributed by atoms with Crippen LogP contribution in [0.3, 0.4) is 0 Å². The lowest BCUT2D eigenvalue weighted by Crippen LogP contribution is -2.38. The predicted molar refractivity (Wildman–Crippen MR) is 88.1 cm³/mol. The van der Waals surface area contributed by atoms with Crippen molar-refractivity contribution >= 4 is 0 Å². The second kappa shape index (κ2) is 6.88. The molecule has 4 nitrogen and oxygen atoms in total. The van der Waals surface area contributed by atoms with Crippen molar-refractivity contribution in [3.63, 3.8) is 0 Å². The summed E-state index contributed by atoms with van der Waals surface area (Å²) in [6, 6.07) is 3.98. The number of methoxy groups -OCH3 is 1. The van der Waals surface area contributed by atoms with Crippen molar-refractivity contribution in [2.75, 3.05) is 20.8 Å². The highest BCUT2D eigenvalue weighted by atomic mass is 16.5. The largest absolute Gasteiger partial charge is 0.504 e. The van der Waals surface area contributed by atoms with Gasteiger partial charge >= 0.3 is 0 Å². The molecule has 4 heteroatoms. The summed E-state index contributed by atoms with van der Waals surface area (Å²) in [5.74, 6) is 1.48. The average Bonchev–Trinajstić information content (AvgIpc) is 2.46. The fourth-order valence-corrected chi connectivity index (χ4v) is 3.06. The van der Waals surface area contributed by atoms with Gasteiger partial charge < -0.3 is 14.6 Å². The quantitative estimate of drug-likeness (QED) is 0.670. The second-order valence-electron chi connectivity index (χ2n) is 5.68. The molecule has 0 bridgehead atoms. The third-order valence-corrected chi connectivity index (χ3v) is 4.14. The zero-order chi connectivity index (χ0) is 16.3. The first kappa shape index (κ1) is 16.4. The molecule has 0 aliphatic carbocycles. The molecule has 1 N–H and O–H groups in total. The highest BCUT2D eigenvalue weighted by molar-refractivity contribution is 5.51. The van der Waals surface area contributed by atoms with Gasteiger partial charge in [0.15, 0.2) is 11.5 Å². The van der Waals surface area contributed by atoms with E-state index in [1.54, 1.807) is 13.2 Å². The third kappa shape index (κ3) is 3.28. The van der Waals surface area contributed by atoms with Gasteiger partial charge in [-0.05, 0) is 45.0 Å². The van der Waals surface area contributed by atoms with Crippen LogP contribution in [-0.4, -0.2) is 36.8 Å². The van der Waals surface area contributed by atoms with E-state index in [1.807, 2.05) is 19.1 Å². The number of aromatic hydroxyl groups is 1. The predicted octanol–water partition coefficient (Wildman–Crippen LogP) is 3.25. The maximum absolute atomic E-state index is 9.92. The number of likely N-dealkylation sites (N-methyl/N-ethyl adjacent to an activating group) is 1. The highest BCUT2D eigenvalue weighted by Crippen LogP contribution is 2.37. The van der Waals surface area contributed by atoms with Gasteiger partial charge in [-0.15, -0.1) is 0 Å². The molecule has 0 unspecified atom stereocenters. The van der Waals surface area contributed by atoms with Crippen molar-refractivity contribution in [2.45, 2.75) is 32.9 Å². The van der Waals surface area contributed by atoms with Gasteiger partial charge in [0.05, 0.1) is 13.7 Å². The molecule has 0 saturated heterocycles. The van der Waals surface area contributed by atoms with Crippen molar-refractivity contribution in [3.8, 4) is 11.5 Å². The summed E-state index contributed by atoms with van der Waals surface area (Å²) >= 11 is 0. The van der Waals surface area contributed by atoms with E-state index in [0.29, 0.717) is 24.2 Å². The average molecular weight is 303 g/mol. The summed E-state index contributed by atoms with van der Waals surface area (Å²) < 4.78 is 10.8. The van der Waals surface area contributed by atoms with Crippen molar-refractivity contribution in [2.24, 2.45) is 0 Å². The highest BCUT2D eigenvalue weighted by Gasteiger charge is 2.27. The molecule has 0 saturated carbocycles. The molecule has 1 aliphatic heterocycles. The summed E-state index contributed by atoms with van der Waals surface area (Å²) in [4.78, 5) is 2.26. The number of rotatable bonds is 5. The van der Waals surface area contributed by atoms with Crippen LogP contribution in [0.4, 0.5) is 0 Å². The summed E-state index contributed by atoms with van der Waals surface area (Å²) in [6.45, 7) is 9.34. The molecule has 1 atom stereocenters. The number of nitrogens with zero attached hydrogens (tertiary/aromatic N) is 1. The fourth-order valence-electron chi connectivity index (χ4n) is 3.06. The van der Waals surface area contributed by atoms with Crippen molar-refractivity contribution in [1.82, 2.24) is 4.90 Å². The molecule has 1 aromatic rings. The van der Waals surface area contributed by atoms with E-state index in [4.69, 9.17) is 9.47 Å². The van der Waals surface area contributed by atoms with Gasteiger partial charge in [0.1, 0.15) is 5.76 Å². The van der Waals surface area contributed by atoms with Gasteiger partial charge in [-0.25, -0.2) is 0 Å². The van der Waals surface area contributed by atoms with Gasteiger partial charge in [0.2, 0.25) is 0 Å². The second-order valence-corrected chi connectivity index (χ2v) is 5.68. The number of ether oxygens (including phenoxy) is 2. The first-order valence-corrected chi connectivity index (χ1v) is 7.55. The molecule has 22 heavy (non-hydrogen) atoms. The molecular formula is C18H25NO3. The van der Waals surface area contributed by atoms with Gasteiger partial charge in [-0.2, -0.15) is 0 Å². The molecule has 1 aliphatic rings. The van der Waals surface area contributed by atoms with Crippen LogP contribution in [0.2, 0.25) is 0 Å². The van der Waals surface area contributed by atoms with Crippen LogP contribution in [0.25, 0.3) is 0 Å². The number of allylic oxidation sites excluding steroid dienone is 1. The minimum absolute atomic E-state index is 0.199. The fraction of sp³-hybridized carbons (Fsp3) is 0.444. The van der Waals surface area contributed by atoms with Crippen LogP contribution >= 0.6 is 0 Å². The van der Waals surface area contributed by atoms with E-state index in [1.165, 1.54) is 11.1 Å². The zero-order valence-corrected chi connectivity index (χ0v) is 13.8. The molecule has 120 valence electrons. The molecule has 0 fully saturated rings. The van der Waals surface area contributed by atoms with Gasteiger partial charge in [-0.3, -0.25) is 4.90 Å². The maximum atomic E-state index is 9.92. The van der Waals surface area contributed by atoms with Crippen LogP contribution in [0, 0.1) is 0 Å². The molecule has 1 aromatic carbocycles. The third-order valence-electron chi connectivity index (χ3n) is 4.14. The topological polar surface area (TPSA) is 41.9 Å². The summed E-state index contributed by atoms with van der Waals surface area (Å²) in [5.41, 5.74) is 3.50. The molecule has 0 aromatic heterocycles. The number of phenolic OH excluding ortho intramolecular Hbond substituents is 1. The normalized spacial score (nSPS) is 18.7. The van der Waals surface area contributed by atoms with E-state index in [9.17, 15) is 5.11 Å². The Hall–Kier alpha value is -1.94. The maximum Gasteiger partial charge on any atom is 0.165 e. The summed E-state index contributed by atoms with van der Waals surface area (Å²) in [5, 5.41) is 9.92. The number of phenols is 1. The zero-order valence-electron chi connectivity index (χ0n) is 13.8. The number of fused-ring (bicyclic) bond motifs is 1. The van der Waals surface area contributed by atoms with Crippen LogP contribution in [0.15, 0.2) is 36.1 Å². The molecule has 0 amide bonds. The lowest BCUT2D eigenvalue weighted by atomic mass is 9.89. The van der Waals surface area contributed by atoms with Gasteiger partial charge in [0, 0.05) is 18.2 Å². The Morgan fingerprint density at radius 3 is 2.86 bits per heavy atom. The van der Waals surface area contributed by atoms with Crippen molar-refractivity contribution in [1.29, 1.82) is 0 Å². The Balaban J connectivity index is 2.28. The lowest BCUT2D eigenvalue weighted by Gasteiger charge is -2.35. The Kier molecular flexibility index (Phi) is 5.14. The minimum atomic E-state index is 0.199.